The molecule has 0 aliphatic heterocycles. The van der Waals surface area contributed by atoms with Crippen molar-refractivity contribution in [3.63, 3.8) is 0 Å². The Labute approximate surface area is 137 Å². The highest BCUT2D eigenvalue weighted by atomic mass is 35.5. The lowest BCUT2D eigenvalue weighted by Gasteiger charge is -2.22. The molecular formula is C17H24ClN3O. The number of hydrogen-bond donors (Lipinski definition) is 0. The predicted octanol–water partition coefficient (Wildman–Crippen LogP) is 4.27. The maximum absolute atomic E-state index is 12.8. The van der Waals surface area contributed by atoms with Crippen molar-refractivity contribution in [3.8, 4) is 0 Å². The van der Waals surface area contributed by atoms with Gasteiger partial charge in [0.2, 0.25) is 5.28 Å². The largest absolute Gasteiger partial charge is 0.339 e. The number of benzene rings is 1. The number of aryl methyl sites for hydroxylation is 1. The van der Waals surface area contributed by atoms with E-state index in [9.17, 15) is 4.79 Å². The summed E-state index contributed by atoms with van der Waals surface area (Å²) in [5.41, 5.74) is 2.40. The number of fused-ring (bicyclic) bond motifs is 1. The van der Waals surface area contributed by atoms with Crippen molar-refractivity contribution in [3.05, 3.63) is 29.0 Å². The first kappa shape index (κ1) is 16.8. The first-order chi connectivity index (χ1) is 10.6. The highest BCUT2D eigenvalue weighted by Gasteiger charge is 2.16. The molecule has 0 radical (unpaired) electrons. The van der Waals surface area contributed by atoms with Crippen molar-refractivity contribution >= 4 is 28.5 Å². The third-order valence-electron chi connectivity index (χ3n) is 3.92. The third kappa shape index (κ3) is 3.61. The van der Waals surface area contributed by atoms with Crippen LogP contribution in [0.4, 0.5) is 0 Å². The molecule has 2 aromatic rings. The van der Waals surface area contributed by atoms with Gasteiger partial charge in [0, 0.05) is 25.7 Å². The molecule has 0 bridgehead atoms. The molecule has 4 nitrogen and oxygen atoms in total. The van der Waals surface area contributed by atoms with E-state index in [1.807, 2.05) is 34.7 Å². The molecule has 1 heterocycles. The van der Waals surface area contributed by atoms with Gasteiger partial charge in [-0.05, 0) is 42.6 Å². The molecule has 0 N–H and O–H groups in total. The minimum Gasteiger partial charge on any atom is -0.339 e. The van der Waals surface area contributed by atoms with Gasteiger partial charge < -0.3 is 9.47 Å². The summed E-state index contributed by atoms with van der Waals surface area (Å²) in [5.74, 6) is 0.0885. The lowest BCUT2D eigenvalue weighted by atomic mass is 10.1. The summed E-state index contributed by atoms with van der Waals surface area (Å²) in [4.78, 5) is 19.0. The van der Waals surface area contributed by atoms with Gasteiger partial charge in [-0.15, -0.1) is 0 Å². The summed E-state index contributed by atoms with van der Waals surface area (Å²) in [6, 6.07) is 5.63. The topological polar surface area (TPSA) is 38.1 Å². The van der Waals surface area contributed by atoms with E-state index in [0.29, 0.717) is 10.8 Å². The van der Waals surface area contributed by atoms with Gasteiger partial charge in [-0.2, -0.15) is 0 Å². The summed E-state index contributed by atoms with van der Waals surface area (Å²) in [6.45, 7) is 5.92. The summed E-state index contributed by atoms with van der Waals surface area (Å²) >= 11 is 6.04. The van der Waals surface area contributed by atoms with Gasteiger partial charge >= 0.3 is 0 Å². The van der Waals surface area contributed by atoms with Crippen molar-refractivity contribution in [1.29, 1.82) is 0 Å². The van der Waals surface area contributed by atoms with Crippen LogP contribution in [0.3, 0.4) is 0 Å². The van der Waals surface area contributed by atoms with Crippen LogP contribution in [0.2, 0.25) is 5.28 Å². The van der Waals surface area contributed by atoms with Gasteiger partial charge in [-0.25, -0.2) is 4.98 Å². The van der Waals surface area contributed by atoms with E-state index in [0.717, 1.165) is 49.8 Å². The molecule has 0 aliphatic rings. The summed E-state index contributed by atoms with van der Waals surface area (Å²) < 4.78 is 1.82. The minimum atomic E-state index is 0.0885. The zero-order chi connectivity index (χ0) is 16.1. The van der Waals surface area contributed by atoms with Crippen LogP contribution in [0.5, 0.6) is 0 Å². The maximum atomic E-state index is 12.8. The molecule has 1 aromatic carbocycles. The average molecular weight is 322 g/mol. The second-order valence-electron chi connectivity index (χ2n) is 5.64. The van der Waals surface area contributed by atoms with Crippen LogP contribution in [0.1, 0.15) is 49.9 Å². The van der Waals surface area contributed by atoms with E-state index >= 15 is 0 Å². The minimum absolute atomic E-state index is 0.0885. The number of carbonyl (C=O) groups is 1. The second kappa shape index (κ2) is 7.63. The SMILES string of the molecule is CCCCN(CCCC)C(=O)c1ccc2c(c1)nc(Cl)n2C. The number of hydrogen-bond acceptors (Lipinski definition) is 2. The molecule has 0 aliphatic carbocycles. The summed E-state index contributed by atoms with van der Waals surface area (Å²) in [5, 5.41) is 0.438. The lowest BCUT2D eigenvalue weighted by Crippen LogP contribution is -2.32. The van der Waals surface area contributed by atoms with Crippen molar-refractivity contribution < 1.29 is 4.79 Å². The Balaban J connectivity index is 2.25. The van der Waals surface area contributed by atoms with E-state index < -0.39 is 0 Å². The van der Waals surface area contributed by atoms with Crippen molar-refractivity contribution in [1.82, 2.24) is 14.5 Å². The number of rotatable bonds is 7. The molecule has 22 heavy (non-hydrogen) atoms. The standard InChI is InChI=1S/C17H24ClN3O/c1-4-6-10-21(11-7-5-2)16(22)13-8-9-15-14(12-13)19-17(18)20(15)3/h8-9,12H,4-7,10-11H2,1-3H3. The number of nitrogens with zero attached hydrogens (tertiary/aromatic N) is 3. The number of halogens is 1. The molecule has 0 saturated carbocycles. The zero-order valence-corrected chi connectivity index (χ0v) is 14.4. The van der Waals surface area contributed by atoms with E-state index in [1.54, 1.807) is 0 Å². The molecule has 0 saturated heterocycles. The fraction of sp³-hybridized carbons (Fsp3) is 0.529. The second-order valence-corrected chi connectivity index (χ2v) is 5.98. The number of aromatic nitrogens is 2. The first-order valence-electron chi connectivity index (χ1n) is 7.99. The molecule has 1 amide bonds. The fourth-order valence-electron chi connectivity index (χ4n) is 2.50. The quantitative estimate of drug-likeness (QED) is 0.763. The molecule has 0 unspecified atom stereocenters. The predicted molar refractivity (Wildman–Crippen MR) is 91.4 cm³/mol. The zero-order valence-electron chi connectivity index (χ0n) is 13.6. The van der Waals surface area contributed by atoms with E-state index in [-0.39, 0.29) is 5.91 Å². The molecule has 0 atom stereocenters. The van der Waals surface area contributed by atoms with Crippen LogP contribution in [0, 0.1) is 0 Å². The van der Waals surface area contributed by atoms with Crippen LogP contribution in [-0.2, 0) is 7.05 Å². The van der Waals surface area contributed by atoms with E-state index in [4.69, 9.17) is 11.6 Å². The Hall–Kier alpha value is -1.55. The lowest BCUT2D eigenvalue weighted by molar-refractivity contribution is 0.0751. The molecule has 1 aromatic heterocycles. The van der Waals surface area contributed by atoms with Gasteiger partial charge in [0.15, 0.2) is 0 Å². The van der Waals surface area contributed by atoms with Crippen LogP contribution in [0.15, 0.2) is 18.2 Å². The molecule has 5 heteroatoms. The first-order valence-corrected chi connectivity index (χ1v) is 8.37. The van der Waals surface area contributed by atoms with Crippen LogP contribution >= 0.6 is 11.6 Å². The summed E-state index contributed by atoms with van der Waals surface area (Å²) in [7, 11) is 1.87. The Morgan fingerprint density at radius 3 is 2.45 bits per heavy atom. The van der Waals surface area contributed by atoms with Crippen molar-refractivity contribution in [2.24, 2.45) is 7.05 Å². The number of imidazole rings is 1. The molecule has 120 valence electrons. The van der Waals surface area contributed by atoms with Gasteiger partial charge in [0.25, 0.3) is 5.91 Å². The highest BCUT2D eigenvalue weighted by Crippen LogP contribution is 2.20. The van der Waals surface area contributed by atoms with Crippen molar-refractivity contribution in [2.45, 2.75) is 39.5 Å². The number of amides is 1. The Bertz CT molecular complexity index is 643. The van der Waals surface area contributed by atoms with Crippen LogP contribution in [-0.4, -0.2) is 33.4 Å². The third-order valence-corrected chi connectivity index (χ3v) is 4.26. The van der Waals surface area contributed by atoms with Crippen LogP contribution in [0.25, 0.3) is 11.0 Å². The molecule has 2 rings (SSSR count). The number of unbranched alkanes of at least 4 members (excludes halogenated alkanes) is 2. The average Bonchev–Trinajstić information content (AvgIpc) is 2.81. The fourth-order valence-corrected chi connectivity index (χ4v) is 2.68. The molecular weight excluding hydrogens is 298 g/mol. The van der Waals surface area contributed by atoms with E-state index in [1.165, 1.54) is 0 Å². The van der Waals surface area contributed by atoms with Gasteiger partial charge in [-0.3, -0.25) is 4.79 Å². The Kier molecular flexibility index (Phi) is 5.83. The van der Waals surface area contributed by atoms with Gasteiger partial charge in [0.1, 0.15) is 0 Å². The highest BCUT2D eigenvalue weighted by molar-refractivity contribution is 6.29. The number of carbonyl (C=O) groups excluding carboxylic acids is 1. The van der Waals surface area contributed by atoms with Gasteiger partial charge in [0.05, 0.1) is 11.0 Å². The van der Waals surface area contributed by atoms with Gasteiger partial charge in [-0.1, -0.05) is 26.7 Å². The Morgan fingerprint density at radius 2 is 1.86 bits per heavy atom. The molecule has 0 fully saturated rings. The summed E-state index contributed by atoms with van der Waals surface area (Å²) in [6.07, 6.45) is 4.25. The maximum Gasteiger partial charge on any atom is 0.253 e. The Morgan fingerprint density at radius 1 is 1.23 bits per heavy atom. The molecule has 0 spiro atoms. The normalized spacial score (nSPS) is 11.1. The van der Waals surface area contributed by atoms with E-state index in [2.05, 4.69) is 18.8 Å². The van der Waals surface area contributed by atoms with Crippen LogP contribution < -0.4 is 0 Å². The monoisotopic (exact) mass is 321 g/mol. The van der Waals surface area contributed by atoms with Crippen molar-refractivity contribution in [2.75, 3.05) is 13.1 Å². The smallest absolute Gasteiger partial charge is 0.253 e.